The number of aromatic hydroxyl groups is 1. The molecule has 1 atom stereocenters. The van der Waals surface area contributed by atoms with Crippen molar-refractivity contribution in [3.05, 3.63) is 53.6 Å². The van der Waals surface area contributed by atoms with E-state index in [0.717, 1.165) is 11.0 Å². The third kappa shape index (κ3) is 3.01. The maximum absolute atomic E-state index is 13.3. The Morgan fingerprint density at radius 2 is 1.68 bits per heavy atom. The van der Waals surface area contributed by atoms with E-state index in [1.54, 1.807) is 13.8 Å². The summed E-state index contributed by atoms with van der Waals surface area (Å²) in [5.41, 5.74) is -2.77. The molecule has 146 valence electrons. The number of carbonyl (C=O) groups excluding carboxylic acids is 1. The lowest BCUT2D eigenvalue weighted by atomic mass is 10.0. The topological polar surface area (TPSA) is 87.8 Å². The average Bonchev–Trinajstić information content (AvgIpc) is 2.79. The zero-order chi connectivity index (χ0) is 20.9. The molecule has 1 saturated heterocycles. The van der Waals surface area contributed by atoms with Gasteiger partial charge in [0.2, 0.25) is 0 Å². The Kier molecular flexibility index (Phi) is 4.47. The number of aliphatic hydroxyl groups excluding tert-OH is 1. The number of phenolic OH excluding ortho intramolecular Hbond substituents is 1. The van der Waals surface area contributed by atoms with Gasteiger partial charge in [-0.25, -0.2) is 4.79 Å². The highest BCUT2D eigenvalue weighted by Gasteiger charge is 2.52. The number of nitriles is 1. The van der Waals surface area contributed by atoms with Gasteiger partial charge in [0.15, 0.2) is 6.23 Å². The summed E-state index contributed by atoms with van der Waals surface area (Å²) in [4.78, 5) is 15.1. The first kappa shape index (κ1) is 19.5. The van der Waals surface area contributed by atoms with Crippen molar-refractivity contribution in [1.29, 1.82) is 5.26 Å². The van der Waals surface area contributed by atoms with Crippen molar-refractivity contribution in [3.8, 4) is 11.8 Å². The van der Waals surface area contributed by atoms with Gasteiger partial charge in [-0.15, -0.1) is 0 Å². The van der Waals surface area contributed by atoms with Crippen LogP contribution in [0.5, 0.6) is 5.75 Å². The monoisotopic (exact) mass is 391 g/mol. The minimum atomic E-state index is -4.79. The lowest BCUT2D eigenvalue weighted by Crippen LogP contribution is -2.47. The number of rotatable bonds is 2. The molecule has 2 aromatic carbocycles. The maximum atomic E-state index is 13.3. The van der Waals surface area contributed by atoms with Crippen molar-refractivity contribution in [2.45, 2.75) is 31.8 Å². The lowest BCUT2D eigenvalue weighted by Gasteiger charge is -2.32. The highest BCUT2D eigenvalue weighted by Crippen LogP contribution is 2.41. The molecule has 9 heteroatoms. The van der Waals surface area contributed by atoms with Gasteiger partial charge in [0, 0.05) is 11.4 Å². The number of halogens is 3. The van der Waals surface area contributed by atoms with Crippen LogP contribution in [-0.4, -0.2) is 28.0 Å². The smallest absolute Gasteiger partial charge is 0.417 e. The van der Waals surface area contributed by atoms with Gasteiger partial charge in [0.1, 0.15) is 5.75 Å². The van der Waals surface area contributed by atoms with E-state index >= 15 is 0 Å². The van der Waals surface area contributed by atoms with Gasteiger partial charge in [-0.1, -0.05) is 0 Å². The minimum absolute atomic E-state index is 0.0208. The molecule has 0 radical (unpaired) electrons. The zero-order valence-corrected chi connectivity index (χ0v) is 14.9. The molecule has 28 heavy (non-hydrogen) atoms. The third-order valence-corrected chi connectivity index (χ3v) is 4.67. The largest absolute Gasteiger partial charge is 0.508 e. The zero-order valence-electron chi connectivity index (χ0n) is 14.9. The molecular formula is C19H16F3N3O3. The summed E-state index contributed by atoms with van der Waals surface area (Å²) in [6.07, 6.45) is -6.25. The quantitative estimate of drug-likeness (QED) is 0.815. The van der Waals surface area contributed by atoms with E-state index in [2.05, 4.69) is 0 Å². The average molecular weight is 391 g/mol. The predicted molar refractivity (Wildman–Crippen MR) is 94.7 cm³/mol. The molecule has 0 aliphatic carbocycles. The Morgan fingerprint density at radius 1 is 1.11 bits per heavy atom. The van der Waals surface area contributed by atoms with Gasteiger partial charge in [-0.05, 0) is 56.3 Å². The van der Waals surface area contributed by atoms with Crippen LogP contribution in [0, 0.1) is 11.3 Å². The van der Waals surface area contributed by atoms with E-state index in [1.807, 2.05) is 0 Å². The number of hydrogen-bond donors (Lipinski definition) is 2. The molecule has 1 unspecified atom stereocenters. The van der Waals surface area contributed by atoms with Gasteiger partial charge in [-0.3, -0.25) is 9.80 Å². The molecule has 0 saturated carbocycles. The van der Waals surface area contributed by atoms with Crippen LogP contribution in [0.2, 0.25) is 0 Å². The maximum Gasteiger partial charge on any atom is 0.417 e. The molecule has 2 N–H and O–H groups in total. The van der Waals surface area contributed by atoms with E-state index in [4.69, 9.17) is 5.26 Å². The molecule has 0 aromatic heterocycles. The normalized spacial score (nSPS) is 19.0. The van der Waals surface area contributed by atoms with Gasteiger partial charge in [-0.2, -0.15) is 18.4 Å². The number of urea groups is 1. The Hall–Kier alpha value is -3.25. The second kappa shape index (κ2) is 6.42. The summed E-state index contributed by atoms with van der Waals surface area (Å²) in [6, 6.07) is 9.22. The third-order valence-electron chi connectivity index (χ3n) is 4.67. The van der Waals surface area contributed by atoms with E-state index in [9.17, 15) is 28.2 Å². The van der Waals surface area contributed by atoms with Crippen LogP contribution in [0.1, 0.15) is 25.0 Å². The molecule has 0 bridgehead atoms. The molecular weight excluding hydrogens is 375 g/mol. The predicted octanol–water partition coefficient (Wildman–Crippen LogP) is 3.83. The van der Waals surface area contributed by atoms with Crippen LogP contribution in [0.3, 0.4) is 0 Å². The first-order valence-corrected chi connectivity index (χ1v) is 8.20. The molecule has 1 fully saturated rings. The molecule has 1 heterocycles. The van der Waals surface area contributed by atoms with Crippen molar-refractivity contribution in [3.63, 3.8) is 0 Å². The number of nitrogens with zero attached hydrogens (tertiary/aromatic N) is 3. The minimum Gasteiger partial charge on any atom is -0.508 e. The van der Waals surface area contributed by atoms with Crippen molar-refractivity contribution in [1.82, 2.24) is 0 Å². The van der Waals surface area contributed by atoms with Crippen molar-refractivity contribution < 1.29 is 28.2 Å². The number of carbonyl (C=O) groups is 1. The van der Waals surface area contributed by atoms with Crippen LogP contribution < -0.4 is 9.80 Å². The molecule has 0 spiro atoms. The fourth-order valence-electron chi connectivity index (χ4n) is 3.20. The SMILES string of the molecule is CC1(C)C(O)N(c2ccc(C#N)c(C(F)(F)F)c2)C(=O)N1c1ccc(O)cc1. The second-order valence-corrected chi connectivity index (χ2v) is 6.87. The summed E-state index contributed by atoms with van der Waals surface area (Å²) in [7, 11) is 0. The summed E-state index contributed by atoms with van der Waals surface area (Å²) < 4.78 is 39.8. The van der Waals surface area contributed by atoms with Gasteiger partial charge in [0.25, 0.3) is 0 Å². The van der Waals surface area contributed by atoms with Crippen LogP contribution in [0.15, 0.2) is 42.5 Å². The van der Waals surface area contributed by atoms with Crippen LogP contribution in [0.4, 0.5) is 29.3 Å². The molecule has 2 amide bonds. The summed E-state index contributed by atoms with van der Waals surface area (Å²) in [6.45, 7) is 3.13. The second-order valence-electron chi connectivity index (χ2n) is 6.87. The number of benzene rings is 2. The fraction of sp³-hybridized carbons (Fsp3) is 0.263. The Balaban J connectivity index is 2.10. The highest BCUT2D eigenvalue weighted by atomic mass is 19.4. The Labute approximate surface area is 158 Å². The summed E-state index contributed by atoms with van der Waals surface area (Å²) >= 11 is 0. The number of aliphatic hydroxyl groups is 1. The molecule has 1 aliphatic heterocycles. The fourth-order valence-corrected chi connectivity index (χ4v) is 3.20. The van der Waals surface area contributed by atoms with Gasteiger partial charge in [0.05, 0.1) is 22.7 Å². The van der Waals surface area contributed by atoms with Gasteiger partial charge < -0.3 is 10.2 Å². The van der Waals surface area contributed by atoms with Crippen LogP contribution in [0.25, 0.3) is 0 Å². The number of phenols is 1. The van der Waals surface area contributed by atoms with E-state index in [1.165, 1.54) is 41.3 Å². The number of anilines is 2. The standard InChI is InChI=1S/C19H16F3N3O3/c1-18(2)16(27)24(17(28)25(18)12-5-7-14(26)8-6-12)13-4-3-11(10-23)15(9-13)19(20,21)22/h3-9,16,26-27H,1-2H3. The molecule has 1 aliphatic rings. The van der Waals surface area contributed by atoms with Crippen LogP contribution in [-0.2, 0) is 6.18 Å². The molecule has 3 rings (SSSR count). The van der Waals surface area contributed by atoms with Gasteiger partial charge >= 0.3 is 12.2 Å². The van der Waals surface area contributed by atoms with E-state index in [-0.39, 0.29) is 11.4 Å². The van der Waals surface area contributed by atoms with Crippen molar-refractivity contribution in [2.75, 3.05) is 9.80 Å². The Bertz CT molecular complexity index is 965. The first-order chi connectivity index (χ1) is 13.0. The van der Waals surface area contributed by atoms with Crippen molar-refractivity contribution >= 4 is 17.4 Å². The van der Waals surface area contributed by atoms with Crippen molar-refractivity contribution in [2.24, 2.45) is 0 Å². The van der Waals surface area contributed by atoms with E-state index in [0.29, 0.717) is 11.8 Å². The van der Waals surface area contributed by atoms with E-state index < -0.39 is 35.1 Å². The van der Waals surface area contributed by atoms with Crippen LogP contribution >= 0.6 is 0 Å². The summed E-state index contributed by atoms with van der Waals surface area (Å²) in [5, 5.41) is 29.1. The lowest BCUT2D eigenvalue weighted by molar-refractivity contribution is -0.137. The number of alkyl halides is 3. The first-order valence-electron chi connectivity index (χ1n) is 8.20. The molecule has 2 aromatic rings. The Morgan fingerprint density at radius 3 is 2.21 bits per heavy atom. The highest BCUT2D eigenvalue weighted by molar-refractivity contribution is 6.08. The number of amides is 2. The molecule has 6 nitrogen and oxygen atoms in total. The number of hydrogen-bond acceptors (Lipinski definition) is 4. The summed E-state index contributed by atoms with van der Waals surface area (Å²) in [5.74, 6) is -0.0208.